The average Bonchev–Trinajstić information content (AvgIpc) is 3.25. The minimum atomic E-state index is -0.187. The van der Waals surface area contributed by atoms with Gasteiger partial charge in [0.25, 0.3) is 5.91 Å². The van der Waals surface area contributed by atoms with Crippen molar-refractivity contribution in [2.24, 2.45) is 0 Å². The van der Waals surface area contributed by atoms with Gasteiger partial charge < -0.3 is 24.8 Å². The van der Waals surface area contributed by atoms with Crippen LogP contribution in [0.4, 0.5) is 0 Å². The Balaban J connectivity index is 1.74. The molecule has 6 heteroatoms. The lowest BCUT2D eigenvalue weighted by Crippen LogP contribution is -2.52. The van der Waals surface area contributed by atoms with Gasteiger partial charge in [0.1, 0.15) is 0 Å². The second-order valence-corrected chi connectivity index (χ2v) is 7.83. The van der Waals surface area contributed by atoms with Crippen LogP contribution in [0.3, 0.4) is 0 Å². The van der Waals surface area contributed by atoms with Gasteiger partial charge in [-0.3, -0.25) is 4.79 Å². The van der Waals surface area contributed by atoms with E-state index in [9.17, 15) is 4.79 Å². The van der Waals surface area contributed by atoms with Gasteiger partial charge in [-0.2, -0.15) is 0 Å². The third kappa shape index (κ3) is 4.70. The Bertz CT molecular complexity index is 848. The van der Waals surface area contributed by atoms with E-state index in [-0.39, 0.29) is 17.5 Å². The van der Waals surface area contributed by atoms with Crippen molar-refractivity contribution in [1.29, 1.82) is 0 Å². The van der Waals surface area contributed by atoms with E-state index in [1.54, 1.807) is 19.2 Å². The first-order chi connectivity index (χ1) is 14.5. The van der Waals surface area contributed by atoms with Gasteiger partial charge in [0.15, 0.2) is 11.5 Å². The van der Waals surface area contributed by atoms with E-state index < -0.39 is 0 Å². The zero-order valence-electron chi connectivity index (χ0n) is 18.3. The molecule has 0 bridgehead atoms. The Morgan fingerprint density at radius 1 is 0.967 bits per heavy atom. The predicted molar refractivity (Wildman–Crippen MR) is 118 cm³/mol. The summed E-state index contributed by atoms with van der Waals surface area (Å²) >= 11 is 0. The van der Waals surface area contributed by atoms with Gasteiger partial charge >= 0.3 is 0 Å². The molecule has 0 heterocycles. The van der Waals surface area contributed by atoms with Crippen LogP contribution in [0.2, 0.25) is 0 Å². The van der Waals surface area contributed by atoms with Crippen LogP contribution in [-0.2, 0) is 0 Å². The molecule has 2 N–H and O–H groups in total. The molecule has 162 valence electrons. The van der Waals surface area contributed by atoms with E-state index in [0.717, 1.165) is 25.7 Å². The molecule has 0 saturated heterocycles. The van der Waals surface area contributed by atoms with Gasteiger partial charge in [-0.15, -0.1) is 0 Å². The lowest BCUT2D eigenvalue weighted by atomic mass is 9.94. The first-order valence-electron chi connectivity index (χ1n) is 10.4. The molecule has 1 fully saturated rings. The van der Waals surface area contributed by atoms with Crippen LogP contribution < -0.4 is 24.8 Å². The lowest BCUT2D eigenvalue weighted by molar-refractivity contribution is 0.0933. The number of methoxy groups -OCH3 is 3. The third-order valence-electron chi connectivity index (χ3n) is 5.92. The monoisotopic (exact) mass is 412 g/mol. The van der Waals surface area contributed by atoms with Crippen molar-refractivity contribution in [3.63, 3.8) is 0 Å². The van der Waals surface area contributed by atoms with Crippen LogP contribution in [0.15, 0.2) is 42.5 Å². The van der Waals surface area contributed by atoms with Gasteiger partial charge in [-0.25, -0.2) is 0 Å². The fraction of sp³-hybridized carbons (Fsp3) is 0.458. The Morgan fingerprint density at radius 2 is 1.63 bits per heavy atom. The number of nitrogens with one attached hydrogen (secondary N) is 2. The molecular formula is C24H32N2O4. The van der Waals surface area contributed by atoms with E-state index in [0.29, 0.717) is 29.4 Å². The highest BCUT2D eigenvalue weighted by Crippen LogP contribution is 2.40. The van der Waals surface area contributed by atoms with Crippen molar-refractivity contribution >= 4 is 5.91 Å². The maximum Gasteiger partial charge on any atom is 0.255 e. The zero-order chi connectivity index (χ0) is 21.6. The van der Waals surface area contributed by atoms with Crippen molar-refractivity contribution in [1.82, 2.24) is 10.6 Å². The molecule has 2 aromatic rings. The summed E-state index contributed by atoms with van der Waals surface area (Å²) in [4.78, 5) is 13.0. The molecule has 6 nitrogen and oxygen atoms in total. The molecule has 0 spiro atoms. The number of hydrogen-bond acceptors (Lipinski definition) is 5. The summed E-state index contributed by atoms with van der Waals surface area (Å²) in [6, 6.07) is 14.0. The van der Waals surface area contributed by atoms with Crippen molar-refractivity contribution < 1.29 is 19.0 Å². The van der Waals surface area contributed by atoms with Crippen molar-refractivity contribution in [3.8, 4) is 17.2 Å². The van der Waals surface area contributed by atoms with Crippen molar-refractivity contribution in [3.05, 3.63) is 53.6 Å². The summed E-state index contributed by atoms with van der Waals surface area (Å²) in [5.74, 6) is 1.13. The van der Waals surface area contributed by atoms with Gasteiger partial charge in [0, 0.05) is 18.1 Å². The number of carbonyl (C=O) groups is 1. The van der Waals surface area contributed by atoms with Gasteiger partial charge in [-0.1, -0.05) is 43.2 Å². The second kappa shape index (κ2) is 9.85. The first-order valence-corrected chi connectivity index (χ1v) is 10.4. The Morgan fingerprint density at radius 3 is 2.23 bits per heavy atom. The lowest BCUT2D eigenvalue weighted by Gasteiger charge is -2.34. The Hall–Kier alpha value is -2.73. The summed E-state index contributed by atoms with van der Waals surface area (Å²) in [5.41, 5.74) is 1.56. The van der Waals surface area contributed by atoms with Crippen LogP contribution in [-0.4, -0.2) is 39.3 Å². The smallest absolute Gasteiger partial charge is 0.255 e. The van der Waals surface area contributed by atoms with Crippen LogP contribution in [0.5, 0.6) is 17.2 Å². The summed E-state index contributed by atoms with van der Waals surface area (Å²) in [5, 5.41) is 6.92. The number of benzene rings is 2. The number of carbonyl (C=O) groups excluding carboxylic acids is 1. The first kappa shape index (κ1) is 22.0. The maximum absolute atomic E-state index is 13.0. The molecule has 1 amide bonds. The van der Waals surface area contributed by atoms with E-state index in [2.05, 4.69) is 41.8 Å². The fourth-order valence-corrected chi connectivity index (χ4v) is 4.33. The number of ether oxygens (including phenoxy) is 3. The van der Waals surface area contributed by atoms with Crippen molar-refractivity contribution in [2.75, 3.05) is 27.9 Å². The largest absolute Gasteiger partial charge is 0.493 e. The summed E-state index contributed by atoms with van der Waals surface area (Å²) < 4.78 is 16.2. The summed E-state index contributed by atoms with van der Waals surface area (Å²) in [6.45, 7) is 2.73. The van der Waals surface area contributed by atoms with Gasteiger partial charge in [0.05, 0.1) is 26.9 Å². The summed E-state index contributed by atoms with van der Waals surface area (Å²) in [7, 11) is 4.61. The van der Waals surface area contributed by atoms with E-state index in [1.165, 1.54) is 19.8 Å². The normalized spacial score (nSPS) is 16.0. The highest BCUT2D eigenvalue weighted by atomic mass is 16.5. The standard InChI is InChI=1S/C24H32N2O4/c1-17(18-10-6-5-7-11-18)26-24(14-8-9-15-24)16-25-23(27)19-12-13-20(28-2)22(30-4)21(19)29-3/h5-7,10-13,17,26H,8-9,14-16H2,1-4H3,(H,25,27). The topological polar surface area (TPSA) is 68.8 Å². The minimum absolute atomic E-state index is 0.116. The molecule has 3 rings (SSSR count). The molecule has 0 aromatic heterocycles. The van der Waals surface area contributed by atoms with Gasteiger partial charge in [-0.05, 0) is 37.5 Å². The van der Waals surface area contributed by atoms with E-state index in [1.807, 2.05) is 6.07 Å². The van der Waals surface area contributed by atoms with Crippen LogP contribution in [0, 0.1) is 0 Å². The molecule has 30 heavy (non-hydrogen) atoms. The molecule has 1 unspecified atom stereocenters. The van der Waals surface area contributed by atoms with E-state index >= 15 is 0 Å². The molecule has 1 atom stereocenters. The van der Waals surface area contributed by atoms with Gasteiger partial charge in [0.2, 0.25) is 5.75 Å². The number of hydrogen-bond donors (Lipinski definition) is 2. The SMILES string of the molecule is COc1ccc(C(=O)NCC2(NC(C)c3ccccc3)CCCC2)c(OC)c1OC. The Labute approximate surface area is 178 Å². The van der Waals surface area contributed by atoms with Crippen LogP contribution in [0.25, 0.3) is 0 Å². The molecule has 0 radical (unpaired) electrons. The minimum Gasteiger partial charge on any atom is -0.493 e. The summed E-state index contributed by atoms with van der Waals surface area (Å²) in [6.07, 6.45) is 4.38. The highest BCUT2D eigenvalue weighted by molar-refractivity contribution is 5.98. The molecule has 2 aromatic carbocycles. The maximum atomic E-state index is 13.0. The predicted octanol–water partition coefficient (Wildman–Crippen LogP) is 4.11. The van der Waals surface area contributed by atoms with Crippen LogP contribution in [0.1, 0.15) is 54.6 Å². The van der Waals surface area contributed by atoms with Crippen molar-refractivity contribution in [2.45, 2.75) is 44.2 Å². The zero-order valence-corrected chi connectivity index (χ0v) is 18.3. The Kier molecular flexibility index (Phi) is 7.21. The molecule has 0 aliphatic heterocycles. The number of amides is 1. The molecule has 1 aliphatic rings. The third-order valence-corrected chi connectivity index (χ3v) is 5.92. The quantitative estimate of drug-likeness (QED) is 0.649. The molecule has 1 aliphatic carbocycles. The van der Waals surface area contributed by atoms with Crippen LogP contribution >= 0.6 is 0 Å². The van der Waals surface area contributed by atoms with E-state index in [4.69, 9.17) is 14.2 Å². The molecular weight excluding hydrogens is 380 g/mol. The average molecular weight is 413 g/mol. The fourth-order valence-electron chi connectivity index (χ4n) is 4.33. The second-order valence-electron chi connectivity index (χ2n) is 7.83. The molecule has 1 saturated carbocycles. The highest BCUT2D eigenvalue weighted by Gasteiger charge is 2.35. The number of rotatable bonds is 9.